The molecule has 0 radical (unpaired) electrons. The number of nitrogens with one attached hydrogen (secondary N) is 1. The molecule has 0 atom stereocenters. The molecule has 1 aromatic carbocycles. The van der Waals surface area contributed by atoms with Gasteiger partial charge in [-0.1, -0.05) is 36.4 Å². The zero-order valence-corrected chi connectivity index (χ0v) is 16.1. The normalized spacial score (nSPS) is 10.6. The van der Waals surface area contributed by atoms with Crippen molar-refractivity contribution in [3.05, 3.63) is 95.4 Å². The topological polar surface area (TPSA) is 50.7 Å². The predicted molar refractivity (Wildman–Crippen MR) is 112 cm³/mol. The lowest BCUT2D eigenvalue weighted by Crippen LogP contribution is -2.02. The first-order valence-electron chi connectivity index (χ1n) is 8.60. The Labute approximate surface area is 166 Å². The number of hydrogen-bond acceptors (Lipinski definition) is 4. The Balaban J connectivity index is 1.72. The Morgan fingerprint density at radius 3 is 2.44 bits per heavy atom. The second kappa shape index (κ2) is 8.10. The molecule has 0 saturated heterocycles. The van der Waals surface area contributed by atoms with E-state index in [-0.39, 0.29) is 0 Å². The van der Waals surface area contributed by atoms with Crippen molar-refractivity contribution in [3.8, 4) is 22.5 Å². The highest BCUT2D eigenvalue weighted by Gasteiger charge is 2.09. The molecule has 0 saturated carbocycles. The molecule has 4 nitrogen and oxygen atoms in total. The molecule has 0 unspecified atom stereocenters. The molecule has 1 N–H and O–H groups in total. The van der Waals surface area contributed by atoms with Gasteiger partial charge in [-0.3, -0.25) is 9.97 Å². The van der Waals surface area contributed by atoms with Gasteiger partial charge in [0.1, 0.15) is 5.82 Å². The molecule has 3 heterocycles. The number of pyridine rings is 3. The molecule has 0 spiro atoms. The van der Waals surface area contributed by atoms with Crippen LogP contribution in [0.5, 0.6) is 0 Å². The summed E-state index contributed by atoms with van der Waals surface area (Å²) >= 11 is 3.50. The zero-order chi connectivity index (χ0) is 18.5. The van der Waals surface area contributed by atoms with Gasteiger partial charge in [0, 0.05) is 35.2 Å². The fourth-order valence-corrected chi connectivity index (χ4v) is 3.16. The summed E-state index contributed by atoms with van der Waals surface area (Å²) in [6.07, 6.45) is 5.41. The number of hydrogen-bond donors (Lipinski definition) is 1. The van der Waals surface area contributed by atoms with Crippen LogP contribution in [0.1, 0.15) is 5.56 Å². The van der Waals surface area contributed by atoms with Crippen molar-refractivity contribution >= 4 is 21.7 Å². The van der Waals surface area contributed by atoms with Gasteiger partial charge < -0.3 is 5.32 Å². The maximum atomic E-state index is 4.76. The number of benzene rings is 1. The van der Waals surface area contributed by atoms with Crippen LogP contribution in [0, 0.1) is 0 Å². The molecule has 0 aliphatic heterocycles. The monoisotopic (exact) mass is 416 g/mol. The van der Waals surface area contributed by atoms with Gasteiger partial charge in [0.15, 0.2) is 0 Å². The van der Waals surface area contributed by atoms with E-state index >= 15 is 0 Å². The summed E-state index contributed by atoms with van der Waals surface area (Å²) < 4.78 is 0.940. The maximum Gasteiger partial charge on any atom is 0.127 e. The molecule has 0 aliphatic carbocycles. The first kappa shape index (κ1) is 17.4. The van der Waals surface area contributed by atoms with Crippen LogP contribution in [0.2, 0.25) is 0 Å². The summed E-state index contributed by atoms with van der Waals surface area (Å²) in [5, 5.41) is 3.42. The molecule has 0 aliphatic rings. The second-order valence-electron chi connectivity index (χ2n) is 6.07. The number of rotatable bonds is 5. The molecule has 4 aromatic rings. The smallest absolute Gasteiger partial charge is 0.127 e. The average Bonchev–Trinajstić information content (AvgIpc) is 2.73. The molecule has 5 heteroatoms. The standard InChI is InChI=1S/C22H17BrN4/c23-19-10-18(14-24-15-19)17-11-21(20-8-4-5-9-25-20)27-22(12-17)26-13-16-6-2-1-3-7-16/h1-12,14-15H,13H2,(H,26,27). The van der Waals surface area contributed by atoms with Crippen molar-refractivity contribution in [1.82, 2.24) is 15.0 Å². The van der Waals surface area contributed by atoms with Crippen LogP contribution < -0.4 is 5.32 Å². The fraction of sp³-hybridized carbons (Fsp3) is 0.0455. The molecular formula is C22H17BrN4. The van der Waals surface area contributed by atoms with Crippen LogP contribution in [0.4, 0.5) is 5.82 Å². The molecule has 0 bridgehead atoms. The van der Waals surface area contributed by atoms with Crippen LogP contribution in [-0.2, 0) is 6.54 Å². The highest BCUT2D eigenvalue weighted by molar-refractivity contribution is 9.10. The van der Waals surface area contributed by atoms with Gasteiger partial charge in [-0.05, 0) is 57.4 Å². The van der Waals surface area contributed by atoms with E-state index in [1.54, 1.807) is 12.4 Å². The Morgan fingerprint density at radius 2 is 1.67 bits per heavy atom. The predicted octanol–water partition coefficient (Wildman–Crippen LogP) is 5.58. The van der Waals surface area contributed by atoms with Crippen molar-refractivity contribution in [1.29, 1.82) is 0 Å². The molecule has 0 fully saturated rings. The Bertz CT molecular complexity index is 1040. The van der Waals surface area contributed by atoms with Crippen molar-refractivity contribution in [2.45, 2.75) is 6.54 Å². The van der Waals surface area contributed by atoms with E-state index < -0.39 is 0 Å². The van der Waals surface area contributed by atoms with E-state index in [1.807, 2.05) is 60.8 Å². The number of nitrogens with zero attached hydrogens (tertiary/aromatic N) is 3. The van der Waals surface area contributed by atoms with Crippen LogP contribution >= 0.6 is 15.9 Å². The van der Waals surface area contributed by atoms with Gasteiger partial charge in [-0.15, -0.1) is 0 Å². The highest BCUT2D eigenvalue weighted by Crippen LogP contribution is 2.28. The van der Waals surface area contributed by atoms with Crippen LogP contribution in [0.3, 0.4) is 0 Å². The average molecular weight is 417 g/mol. The fourth-order valence-electron chi connectivity index (χ4n) is 2.79. The lowest BCUT2D eigenvalue weighted by Gasteiger charge is -2.11. The van der Waals surface area contributed by atoms with Gasteiger partial charge in [0.05, 0.1) is 11.4 Å². The Morgan fingerprint density at radius 1 is 0.815 bits per heavy atom. The third-order valence-electron chi connectivity index (χ3n) is 4.11. The summed E-state index contributed by atoms with van der Waals surface area (Å²) in [6.45, 7) is 0.704. The van der Waals surface area contributed by atoms with Gasteiger partial charge in [0.25, 0.3) is 0 Å². The molecule has 4 rings (SSSR count). The summed E-state index contributed by atoms with van der Waals surface area (Å²) in [4.78, 5) is 13.5. The molecule has 27 heavy (non-hydrogen) atoms. The van der Waals surface area contributed by atoms with Gasteiger partial charge >= 0.3 is 0 Å². The second-order valence-corrected chi connectivity index (χ2v) is 6.99. The SMILES string of the molecule is Brc1cncc(-c2cc(NCc3ccccc3)nc(-c3ccccn3)c2)c1. The number of anilines is 1. The van der Waals surface area contributed by atoms with Crippen molar-refractivity contribution in [2.24, 2.45) is 0 Å². The van der Waals surface area contributed by atoms with E-state index in [9.17, 15) is 0 Å². The Hall–Kier alpha value is -3.05. The third kappa shape index (κ3) is 4.38. The lowest BCUT2D eigenvalue weighted by molar-refractivity contribution is 1.11. The third-order valence-corrected chi connectivity index (χ3v) is 4.54. The highest BCUT2D eigenvalue weighted by atomic mass is 79.9. The summed E-state index contributed by atoms with van der Waals surface area (Å²) in [5.41, 5.74) is 4.92. The van der Waals surface area contributed by atoms with Crippen molar-refractivity contribution in [2.75, 3.05) is 5.32 Å². The largest absolute Gasteiger partial charge is 0.366 e. The van der Waals surface area contributed by atoms with Crippen LogP contribution in [0.25, 0.3) is 22.5 Å². The van der Waals surface area contributed by atoms with Crippen LogP contribution in [0.15, 0.2) is 89.8 Å². The lowest BCUT2D eigenvalue weighted by atomic mass is 10.1. The van der Waals surface area contributed by atoms with E-state index in [0.717, 1.165) is 32.8 Å². The maximum absolute atomic E-state index is 4.76. The van der Waals surface area contributed by atoms with E-state index in [4.69, 9.17) is 4.98 Å². The Kier molecular flexibility index (Phi) is 5.21. The van der Waals surface area contributed by atoms with Gasteiger partial charge in [0.2, 0.25) is 0 Å². The first-order valence-corrected chi connectivity index (χ1v) is 9.39. The molecule has 3 aromatic heterocycles. The van der Waals surface area contributed by atoms with E-state index in [0.29, 0.717) is 6.54 Å². The minimum absolute atomic E-state index is 0.704. The van der Waals surface area contributed by atoms with E-state index in [1.165, 1.54) is 5.56 Å². The van der Waals surface area contributed by atoms with Crippen molar-refractivity contribution in [3.63, 3.8) is 0 Å². The summed E-state index contributed by atoms with van der Waals surface area (Å²) in [5.74, 6) is 0.803. The van der Waals surface area contributed by atoms with Gasteiger partial charge in [-0.25, -0.2) is 4.98 Å². The number of halogens is 1. The molecular weight excluding hydrogens is 400 g/mol. The summed E-state index contributed by atoms with van der Waals surface area (Å²) in [6, 6.07) is 22.2. The van der Waals surface area contributed by atoms with Crippen molar-refractivity contribution < 1.29 is 0 Å². The van der Waals surface area contributed by atoms with E-state index in [2.05, 4.69) is 43.3 Å². The minimum atomic E-state index is 0.704. The molecule has 132 valence electrons. The first-order chi connectivity index (χ1) is 13.3. The number of aromatic nitrogens is 3. The quantitative estimate of drug-likeness (QED) is 0.461. The van der Waals surface area contributed by atoms with Crippen LogP contribution in [-0.4, -0.2) is 15.0 Å². The minimum Gasteiger partial charge on any atom is -0.366 e. The molecule has 0 amide bonds. The zero-order valence-electron chi connectivity index (χ0n) is 14.5. The van der Waals surface area contributed by atoms with Gasteiger partial charge in [-0.2, -0.15) is 0 Å². The summed E-state index contributed by atoms with van der Waals surface area (Å²) in [7, 11) is 0.